The molecule has 0 saturated carbocycles. The Morgan fingerprint density at radius 3 is 2.59 bits per heavy atom. The molecule has 2 heterocycles. The van der Waals surface area contributed by atoms with Crippen LogP contribution in [0.15, 0.2) is 30.6 Å². The number of benzene rings is 1. The summed E-state index contributed by atoms with van der Waals surface area (Å²) < 4.78 is 0.806. The third-order valence-corrected chi connectivity index (χ3v) is 3.95. The number of para-hydroxylation sites is 1. The molecule has 110 valence electrons. The molecule has 0 unspecified atom stereocenters. The molecule has 1 aromatic carbocycles. The van der Waals surface area contributed by atoms with Crippen LogP contribution in [0.3, 0.4) is 0 Å². The first-order valence-electron chi connectivity index (χ1n) is 5.97. The van der Waals surface area contributed by atoms with Crippen LogP contribution in [-0.2, 0) is 0 Å². The Morgan fingerprint density at radius 1 is 1.18 bits per heavy atom. The van der Waals surface area contributed by atoms with Gasteiger partial charge in [-0.1, -0.05) is 29.0 Å². The average molecular weight is 335 g/mol. The number of aromatic nitrogens is 3. The van der Waals surface area contributed by atoms with Crippen LogP contribution in [0.2, 0.25) is 5.02 Å². The second-order valence-electron chi connectivity index (χ2n) is 4.12. The van der Waals surface area contributed by atoms with Gasteiger partial charge in [-0.2, -0.15) is 0 Å². The van der Waals surface area contributed by atoms with Crippen molar-refractivity contribution in [1.29, 1.82) is 0 Å². The van der Waals surface area contributed by atoms with Gasteiger partial charge in [-0.15, -0.1) is 0 Å². The number of carboxylic acid groups (broad SMARTS) is 1. The zero-order valence-electron chi connectivity index (χ0n) is 10.8. The zero-order valence-corrected chi connectivity index (χ0v) is 12.4. The number of nitrogens with one attached hydrogen (secondary N) is 1. The lowest BCUT2D eigenvalue weighted by Crippen LogP contribution is -2.19. The number of carboxylic acids is 1. The van der Waals surface area contributed by atoms with Gasteiger partial charge >= 0.3 is 5.97 Å². The Labute approximate surface area is 132 Å². The number of carbonyl (C=O) groups is 2. The minimum atomic E-state index is -1.33. The van der Waals surface area contributed by atoms with Crippen molar-refractivity contribution in [1.82, 2.24) is 15.0 Å². The predicted octanol–water partition coefficient (Wildman–Crippen LogP) is 2.69. The van der Waals surface area contributed by atoms with E-state index in [4.69, 9.17) is 16.7 Å². The van der Waals surface area contributed by atoms with E-state index in [1.165, 1.54) is 23.7 Å². The number of anilines is 1. The number of aromatic carboxylic acids is 1. The van der Waals surface area contributed by atoms with Crippen molar-refractivity contribution in [2.75, 3.05) is 5.32 Å². The van der Waals surface area contributed by atoms with Gasteiger partial charge in [-0.3, -0.25) is 10.1 Å². The quantitative estimate of drug-likeness (QED) is 0.763. The van der Waals surface area contributed by atoms with Gasteiger partial charge < -0.3 is 5.11 Å². The summed E-state index contributed by atoms with van der Waals surface area (Å²) in [5.74, 6) is -2.02. The third kappa shape index (κ3) is 2.61. The average Bonchev–Trinajstić information content (AvgIpc) is 2.91. The fourth-order valence-electron chi connectivity index (χ4n) is 1.79. The number of fused-ring (bicyclic) bond motifs is 1. The lowest BCUT2D eigenvalue weighted by Gasteiger charge is -2.02. The van der Waals surface area contributed by atoms with Crippen molar-refractivity contribution < 1.29 is 14.7 Å². The fourth-order valence-corrected chi connectivity index (χ4v) is 2.95. The van der Waals surface area contributed by atoms with Crippen LogP contribution in [0.25, 0.3) is 10.2 Å². The second kappa shape index (κ2) is 5.66. The summed E-state index contributed by atoms with van der Waals surface area (Å²) in [5, 5.41) is 12.3. The highest BCUT2D eigenvalue weighted by Crippen LogP contribution is 2.30. The summed E-state index contributed by atoms with van der Waals surface area (Å²) in [5.41, 5.74) is -0.124. The van der Waals surface area contributed by atoms with E-state index in [0.29, 0.717) is 15.7 Å². The first-order valence-corrected chi connectivity index (χ1v) is 7.16. The van der Waals surface area contributed by atoms with Gasteiger partial charge in [0.1, 0.15) is 5.52 Å². The van der Waals surface area contributed by atoms with E-state index in [1.54, 1.807) is 12.1 Å². The summed E-state index contributed by atoms with van der Waals surface area (Å²) in [6.45, 7) is 0. The summed E-state index contributed by atoms with van der Waals surface area (Å²) >= 11 is 7.25. The highest BCUT2D eigenvalue weighted by Gasteiger charge is 2.20. The van der Waals surface area contributed by atoms with E-state index in [2.05, 4.69) is 20.3 Å². The summed E-state index contributed by atoms with van der Waals surface area (Å²) in [6.07, 6.45) is 2.45. The fraction of sp³-hybridized carbons (Fsp3) is 0. The van der Waals surface area contributed by atoms with E-state index in [1.807, 2.05) is 6.07 Å². The first-order chi connectivity index (χ1) is 10.6. The summed E-state index contributed by atoms with van der Waals surface area (Å²) in [4.78, 5) is 34.8. The van der Waals surface area contributed by atoms with Crippen molar-refractivity contribution >= 4 is 50.2 Å². The lowest BCUT2D eigenvalue weighted by molar-refractivity contribution is 0.0685. The maximum Gasteiger partial charge on any atom is 0.356 e. The Hall–Kier alpha value is -2.58. The van der Waals surface area contributed by atoms with Gasteiger partial charge in [0.25, 0.3) is 5.91 Å². The molecule has 0 aliphatic heterocycles. The molecule has 3 aromatic rings. The molecule has 22 heavy (non-hydrogen) atoms. The Balaban J connectivity index is 1.93. The van der Waals surface area contributed by atoms with Crippen molar-refractivity contribution in [2.24, 2.45) is 0 Å². The molecule has 0 aliphatic rings. The number of carbonyl (C=O) groups excluding carboxylic acids is 1. The van der Waals surface area contributed by atoms with Crippen LogP contribution >= 0.6 is 22.9 Å². The van der Waals surface area contributed by atoms with Gasteiger partial charge in [0.05, 0.1) is 9.72 Å². The van der Waals surface area contributed by atoms with Crippen LogP contribution in [0.5, 0.6) is 0 Å². The summed E-state index contributed by atoms with van der Waals surface area (Å²) in [7, 11) is 0. The molecule has 2 aromatic heterocycles. The normalized spacial score (nSPS) is 10.6. The molecule has 9 heteroatoms. The molecule has 3 rings (SSSR count). The van der Waals surface area contributed by atoms with Gasteiger partial charge in [0, 0.05) is 12.4 Å². The molecule has 0 aliphatic carbocycles. The third-order valence-electron chi connectivity index (χ3n) is 2.71. The standard InChI is InChI=1S/C13H7ClN4O3S/c14-6-2-1-3-7-8(6)17-13(22-7)18-11(19)9-10(12(20)21)16-5-4-15-9/h1-5H,(H,20,21)(H,17,18,19). The minimum absolute atomic E-state index is 0.277. The first kappa shape index (κ1) is 14.4. The van der Waals surface area contributed by atoms with Gasteiger partial charge in [0.2, 0.25) is 0 Å². The van der Waals surface area contributed by atoms with Crippen LogP contribution in [0.4, 0.5) is 5.13 Å². The lowest BCUT2D eigenvalue weighted by atomic mass is 10.3. The van der Waals surface area contributed by atoms with Crippen LogP contribution in [0.1, 0.15) is 21.0 Å². The van der Waals surface area contributed by atoms with Crippen LogP contribution in [0, 0.1) is 0 Å². The van der Waals surface area contributed by atoms with E-state index in [-0.39, 0.29) is 5.69 Å². The maximum atomic E-state index is 12.2. The monoisotopic (exact) mass is 334 g/mol. The molecule has 0 atom stereocenters. The Kier molecular flexibility index (Phi) is 3.70. The number of hydrogen-bond donors (Lipinski definition) is 2. The topological polar surface area (TPSA) is 105 Å². The Bertz CT molecular complexity index is 896. The highest BCUT2D eigenvalue weighted by molar-refractivity contribution is 7.22. The number of amides is 1. The minimum Gasteiger partial charge on any atom is -0.476 e. The number of rotatable bonds is 3. The highest BCUT2D eigenvalue weighted by atomic mass is 35.5. The number of nitrogens with zero attached hydrogens (tertiary/aromatic N) is 3. The Morgan fingerprint density at radius 2 is 1.91 bits per heavy atom. The van der Waals surface area contributed by atoms with Crippen molar-refractivity contribution in [3.8, 4) is 0 Å². The number of hydrogen-bond acceptors (Lipinski definition) is 6. The second-order valence-corrected chi connectivity index (χ2v) is 5.56. The van der Waals surface area contributed by atoms with Crippen molar-refractivity contribution in [3.05, 3.63) is 47.0 Å². The van der Waals surface area contributed by atoms with E-state index in [9.17, 15) is 9.59 Å². The molecular formula is C13H7ClN4O3S. The zero-order chi connectivity index (χ0) is 15.7. The predicted molar refractivity (Wildman–Crippen MR) is 81.6 cm³/mol. The van der Waals surface area contributed by atoms with Gasteiger partial charge in [-0.05, 0) is 12.1 Å². The molecule has 1 amide bonds. The van der Waals surface area contributed by atoms with E-state index in [0.717, 1.165) is 4.70 Å². The largest absolute Gasteiger partial charge is 0.476 e. The summed E-state index contributed by atoms with van der Waals surface area (Å²) in [6, 6.07) is 5.29. The molecule has 0 fully saturated rings. The molecule has 0 saturated heterocycles. The maximum absolute atomic E-state index is 12.2. The van der Waals surface area contributed by atoms with E-state index < -0.39 is 17.6 Å². The SMILES string of the molecule is O=C(O)c1nccnc1C(=O)Nc1nc2c(Cl)cccc2s1. The molecule has 7 nitrogen and oxygen atoms in total. The van der Waals surface area contributed by atoms with E-state index >= 15 is 0 Å². The molecule has 2 N–H and O–H groups in total. The van der Waals surface area contributed by atoms with Crippen molar-refractivity contribution in [3.63, 3.8) is 0 Å². The van der Waals surface area contributed by atoms with Crippen LogP contribution < -0.4 is 5.32 Å². The number of thiazole rings is 1. The molecule has 0 bridgehead atoms. The molecule has 0 spiro atoms. The van der Waals surface area contributed by atoms with Gasteiger partial charge in [-0.25, -0.2) is 19.7 Å². The smallest absolute Gasteiger partial charge is 0.356 e. The molecular weight excluding hydrogens is 328 g/mol. The van der Waals surface area contributed by atoms with Crippen molar-refractivity contribution in [2.45, 2.75) is 0 Å². The molecule has 0 radical (unpaired) electrons. The number of halogens is 1. The van der Waals surface area contributed by atoms with Crippen LogP contribution in [-0.4, -0.2) is 31.9 Å². The van der Waals surface area contributed by atoms with Gasteiger partial charge in [0.15, 0.2) is 16.5 Å².